The van der Waals surface area contributed by atoms with E-state index in [1.807, 2.05) is 18.2 Å². The zero-order valence-electron chi connectivity index (χ0n) is 17.0. The van der Waals surface area contributed by atoms with E-state index in [1.54, 1.807) is 24.3 Å². The predicted molar refractivity (Wildman–Crippen MR) is 115 cm³/mol. The number of anilines is 2. The molecule has 1 unspecified atom stereocenters. The van der Waals surface area contributed by atoms with Crippen molar-refractivity contribution in [2.75, 3.05) is 30.3 Å². The summed E-state index contributed by atoms with van der Waals surface area (Å²) < 4.78 is 5.52. The number of hydrogen-bond donors (Lipinski definition) is 3. The number of nitrogens with one attached hydrogen (secondary N) is 3. The number of ether oxygens (including phenoxy) is 1. The van der Waals surface area contributed by atoms with Crippen molar-refractivity contribution in [2.24, 2.45) is 0 Å². The Kier molecular flexibility index (Phi) is 7.25. The Morgan fingerprint density at radius 2 is 1.97 bits per heavy atom. The molecule has 1 aliphatic heterocycles. The van der Waals surface area contributed by atoms with E-state index in [9.17, 15) is 9.59 Å². The topological polar surface area (TPSA) is 79.5 Å². The molecule has 6 heteroatoms. The van der Waals surface area contributed by atoms with Gasteiger partial charge in [-0.1, -0.05) is 38.1 Å². The maximum absolute atomic E-state index is 12.4. The molecule has 1 fully saturated rings. The van der Waals surface area contributed by atoms with Gasteiger partial charge in [-0.3, -0.25) is 9.59 Å². The first-order valence-corrected chi connectivity index (χ1v) is 10.2. The molecular formula is C23H29N3O3. The van der Waals surface area contributed by atoms with E-state index in [1.165, 1.54) is 5.56 Å². The van der Waals surface area contributed by atoms with Crippen LogP contribution in [0.25, 0.3) is 0 Å². The Labute approximate surface area is 172 Å². The summed E-state index contributed by atoms with van der Waals surface area (Å²) >= 11 is 0. The highest BCUT2D eigenvalue weighted by Gasteiger charge is 2.17. The molecule has 1 atom stereocenters. The highest BCUT2D eigenvalue weighted by Crippen LogP contribution is 2.23. The molecule has 2 aromatic carbocycles. The zero-order chi connectivity index (χ0) is 20.6. The lowest BCUT2D eigenvalue weighted by Crippen LogP contribution is -2.31. The molecule has 6 nitrogen and oxygen atoms in total. The highest BCUT2D eigenvalue weighted by atomic mass is 16.5. The molecule has 0 aliphatic carbocycles. The van der Waals surface area contributed by atoms with Crippen molar-refractivity contribution in [3.8, 4) is 0 Å². The molecule has 2 aromatic rings. The number of rotatable bonds is 8. The molecule has 1 aliphatic rings. The smallest absolute Gasteiger partial charge is 0.251 e. The second kappa shape index (κ2) is 10.1. The van der Waals surface area contributed by atoms with Crippen LogP contribution in [0.2, 0.25) is 0 Å². The van der Waals surface area contributed by atoms with Gasteiger partial charge < -0.3 is 20.7 Å². The van der Waals surface area contributed by atoms with E-state index in [0.29, 0.717) is 23.7 Å². The molecule has 29 heavy (non-hydrogen) atoms. The lowest BCUT2D eigenvalue weighted by Gasteiger charge is -2.14. The number of carbonyl (C=O) groups is 2. The van der Waals surface area contributed by atoms with Crippen molar-refractivity contribution in [3.63, 3.8) is 0 Å². The van der Waals surface area contributed by atoms with Crippen LogP contribution in [0.15, 0.2) is 48.5 Å². The van der Waals surface area contributed by atoms with Crippen molar-refractivity contribution in [1.82, 2.24) is 5.32 Å². The third kappa shape index (κ3) is 6.06. The fourth-order valence-corrected chi connectivity index (χ4v) is 3.39. The summed E-state index contributed by atoms with van der Waals surface area (Å²) in [5.41, 5.74) is 3.24. The van der Waals surface area contributed by atoms with E-state index < -0.39 is 0 Å². The van der Waals surface area contributed by atoms with E-state index in [4.69, 9.17) is 4.74 Å². The number of benzene rings is 2. The van der Waals surface area contributed by atoms with Crippen molar-refractivity contribution < 1.29 is 14.3 Å². The first kappa shape index (κ1) is 20.9. The SMILES string of the molecule is CC(C)c1ccccc1NCC(=O)Nc1cccc(C(=O)NCC2CCCO2)c1. The van der Waals surface area contributed by atoms with Crippen LogP contribution in [0.5, 0.6) is 0 Å². The second-order valence-corrected chi connectivity index (χ2v) is 7.57. The lowest BCUT2D eigenvalue weighted by atomic mass is 10.0. The van der Waals surface area contributed by atoms with Crippen LogP contribution in [0.4, 0.5) is 11.4 Å². The van der Waals surface area contributed by atoms with Crippen LogP contribution in [-0.2, 0) is 9.53 Å². The summed E-state index contributed by atoms with van der Waals surface area (Å²) in [5, 5.41) is 8.94. The van der Waals surface area contributed by atoms with Crippen LogP contribution < -0.4 is 16.0 Å². The first-order valence-electron chi connectivity index (χ1n) is 10.2. The van der Waals surface area contributed by atoms with Gasteiger partial charge in [0.25, 0.3) is 5.91 Å². The van der Waals surface area contributed by atoms with Gasteiger partial charge in [-0.2, -0.15) is 0 Å². The van der Waals surface area contributed by atoms with Crippen LogP contribution in [0.3, 0.4) is 0 Å². The average molecular weight is 396 g/mol. The summed E-state index contributed by atoms with van der Waals surface area (Å²) in [6, 6.07) is 14.9. The highest BCUT2D eigenvalue weighted by molar-refractivity contribution is 5.98. The van der Waals surface area contributed by atoms with E-state index in [0.717, 1.165) is 25.1 Å². The van der Waals surface area contributed by atoms with Crippen LogP contribution >= 0.6 is 0 Å². The molecule has 2 amide bonds. The number of amides is 2. The third-order valence-electron chi connectivity index (χ3n) is 4.94. The lowest BCUT2D eigenvalue weighted by molar-refractivity contribution is -0.114. The van der Waals surface area contributed by atoms with Crippen LogP contribution in [0.1, 0.15) is 48.5 Å². The van der Waals surface area contributed by atoms with Crippen molar-refractivity contribution in [3.05, 3.63) is 59.7 Å². The minimum atomic E-state index is -0.166. The van der Waals surface area contributed by atoms with Gasteiger partial charge in [-0.05, 0) is 48.6 Å². The minimum absolute atomic E-state index is 0.0987. The quantitative estimate of drug-likeness (QED) is 0.636. The molecule has 3 N–H and O–H groups in total. The normalized spacial score (nSPS) is 15.9. The van der Waals surface area contributed by atoms with E-state index in [2.05, 4.69) is 35.9 Å². The minimum Gasteiger partial charge on any atom is -0.376 e. The summed E-state index contributed by atoms with van der Waals surface area (Å²) in [5.74, 6) is 0.0349. The summed E-state index contributed by atoms with van der Waals surface area (Å²) in [7, 11) is 0. The molecule has 3 rings (SSSR count). The van der Waals surface area contributed by atoms with E-state index in [-0.39, 0.29) is 24.5 Å². The molecule has 1 saturated heterocycles. The number of para-hydroxylation sites is 1. The molecule has 0 aromatic heterocycles. The van der Waals surface area contributed by atoms with Crippen LogP contribution in [0, 0.1) is 0 Å². The Morgan fingerprint density at radius 3 is 2.72 bits per heavy atom. The maximum Gasteiger partial charge on any atom is 0.251 e. The van der Waals surface area contributed by atoms with Crippen molar-refractivity contribution in [1.29, 1.82) is 0 Å². The van der Waals surface area contributed by atoms with Gasteiger partial charge in [0.05, 0.1) is 12.6 Å². The van der Waals surface area contributed by atoms with Gasteiger partial charge in [0.15, 0.2) is 0 Å². The summed E-state index contributed by atoms with van der Waals surface area (Å²) in [4.78, 5) is 24.7. The predicted octanol–water partition coefficient (Wildman–Crippen LogP) is 3.77. The monoisotopic (exact) mass is 395 g/mol. The van der Waals surface area contributed by atoms with E-state index >= 15 is 0 Å². The zero-order valence-corrected chi connectivity index (χ0v) is 17.0. The number of hydrogen-bond acceptors (Lipinski definition) is 4. The average Bonchev–Trinajstić information content (AvgIpc) is 3.24. The molecule has 0 radical (unpaired) electrons. The largest absolute Gasteiger partial charge is 0.376 e. The summed E-state index contributed by atoms with van der Waals surface area (Å²) in [6.45, 7) is 5.66. The standard InChI is InChI=1S/C23H29N3O3/c1-16(2)20-10-3-4-11-21(20)24-15-22(27)26-18-8-5-7-17(13-18)23(28)25-14-19-9-6-12-29-19/h3-5,7-8,10-11,13,16,19,24H,6,9,12,14-15H2,1-2H3,(H,25,28)(H,26,27). The van der Waals surface area contributed by atoms with Gasteiger partial charge in [-0.15, -0.1) is 0 Å². The summed E-state index contributed by atoms with van der Waals surface area (Å²) in [6.07, 6.45) is 2.11. The van der Waals surface area contributed by atoms with Gasteiger partial charge in [0, 0.05) is 30.1 Å². The molecule has 1 heterocycles. The Bertz CT molecular complexity index is 845. The molecule has 0 bridgehead atoms. The maximum atomic E-state index is 12.4. The Morgan fingerprint density at radius 1 is 1.14 bits per heavy atom. The Balaban J connectivity index is 1.53. The molecular weight excluding hydrogens is 366 g/mol. The molecule has 0 saturated carbocycles. The van der Waals surface area contributed by atoms with Gasteiger partial charge >= 0.3 is 0 Å². The van der Waals surface area contributed by atoms with Gasteiger partial charge in [-0.25, -0.2) is 0 Å². The number of carbonyl (C=O) groups excluding carboxylic acids is 2. The van der Waals surface area contributed by atoms with Gasteiger partial charge in [0.2, 0.25) is 5.91 Å². The van der Waals surface area contributed by atoms with Gasteiger partial charge in [0.1, 0.15) is 0 Å². The van der Waals surface area contributed by atoms with Crippen LogP contribution in [-0.4, -0.2) is 37.6 Å². The third-order valence-corrected chi connectivity index (χ3v) is 4.94. The first-order chi connectivity index (χ1) is 14.0. The second-order valence-electron chi connectivity index (χ2n) is 7.57. The fourth-order valence-electron chi connectivity index (χ4n) is 3.39. The van der Waals surface area contributed by atoms with Crippen molar-refractivity contribution in [2.45, 2.75) is 38.7 Å². The Hall–Kier alpha value is -2.86. The molecule has 0 spiro atoms. The molecule has 154 valence electrons. The fraction of sp³-hybridized carbons (Fsp3) is 0.391. The van der Waals surface area contributed by atoms with Crippen molar-refractivity contribution >= 4 is 23.2 Å².